The van der Waals surface area contributed by atoms with Crippen LogP contribution in [0.5, 0.6) is 0 Å². The Hall–Kier alpha value is -3.49. The molecule has 0 aliphatic heterocycles. The Morgan fingerprint density at radius 3 is 2.55 bits per heavy atom. The van der Waals surface area contributed by atoms with Gasteiger partial charge in [-0.2, -0.15) is 4.98 Å². The van der Waals surface area contributed by atoms with Crippen molar-refractivity contribution in [1.29, 1.82) is 0 Å². The number of hydrogen-bond donors (Lipinski definition) is 2. The van der Waals surface area contributed by atoms with Gasteiger partial charge in [0, 0.05) is 30.1 Å². The van der Waals surface area contributed by atoms with E-state index in [1.54, 1.807) is 14.0 Å². The number of rotatable bonds is 6. The fourth-order valence-electron chi connectivity index (χ4n) is 4.15. The molecule has 3 unspecified atom stereocenters. The van der Waals surface area contributed by atoms with Gasteiger partial charge in [0.15, 0.2) is 0 Å². The lowest BCUT2D eigenvalue weighted by Crippen LogP contribution is -2.38. The van der Waals surface area contributed by atoms with Gasteiger partial charge < -0.3 is 19.7 Å². The highest BCUT2D eigenvalue weighted by Gasteiger charge is 2.42. The summed E-state index contributed by atoms with van der Waals surface area (Å²) in [7, 11) is 1.61. The molecule has 1 aliphatic carbocycles. The summed E-state index contributed by atoms with van der Waals surface area (Å²) in [5.41, 5.74) is 2.32. The first-order valence-electron chi connectivity index (χ1n) is 10.3. The summed E-state index contributed by atoms with van der Waals surface area (Å²) in [6.07, 6.45) is 1.18. The van der Waals surface area contributed by atoms with E-state index in [1.807, 2.05) is 37.3 Å². The van der Waals surface area contributed by atoms with Gasteiger partial charge in [-0.05, 0) is 26.7 Å². The summed E-state index contributed by atoms with van der Waals surface area (Å²) in [6, 6.07) is 9.23. The topological polar surface area (TPSA) is 123 Å². The van der Waals surface area contributed by atoms with Crippen LogP contribution in [-0.2, 0) is 16.0 Å². The lowest BCUT2D eigenvalue weighted by Gasteiger charge is -2.18. The molecule has 0 bridgehead atoms. The van der Waals surface area contributed by atoms with E-state index in [9.17, 15) is 9.59 Å². The zero-order valence-electron chi connectivity index (χ0n) is 17.7. The zero-order valence-corrected chi connectivity index (χ0v) is 17.7. The molecule has 2 aromatic heterocycles. The van der Waals surface area contributed by atoms with Gasteiger partial charge in [0.2, 0.25) is 23.5 Å². The van der Waals surface area contributed by atoms with Crippen molar-refractivity contribution in [2.75, 3.05) is 7.05 Å². The highest BCUT2D eigenvalue weighted by Crippen LogP contribution is 2.38. The summed E-state index contributed by atoms with van der Waals surface area (Å²) in [5, 5.41) is 13.8. The molecular formula is C22H25N5O4. The van der Waals surface area contributed by atoms with Crippen molar-refractivity contribution in [3.8, 4) is 11.4 Å². The van der Waals surface area contributed by atoms with Crippen molar-refractivity contribution in [2.45, 2.75) is 45.1 Å². The Bertz CT molecular complexity index is 1060. The minimum absolute atomic E-state index is 0.0599. The van der Waals surface area contributed by atoms with Gasteiger partial charge in [-0.1, -0.05) is 40.6 Å². The molecule has 9 heteroatoms. The summed E-state index contributed by atoms with van der Waals surface area (Å²) in [5.74, 6) is 0.822. The molecule has 0 saturated heterocycles. The molecule has 162 valence electrons. The fourth-order valence-corrected chi connectivity index (χ4v) is 4.15. The minimum Gasteiger partial charge on any atom is -0.361 e. The summed E-state index contributed by atoms with van der Waals surface area (Å²) < 4.78 is 10.7. The second-order valence-electron chi connectivity index (χ2n) is 7.86. The van der Waals surface area contributed by atoms with Crippen LogP contribution in [0.2, 0.25) is 0 Å². The third kappa shape index (κ3) is 4.35. The van der Waals surface area contributed by atoms with E-state index in [-0.39, 0.29) is 36.1 Å². The first-order valence-corrected chi connectivity index (χ1v) is 10.3. The van der Waals surface area contributed by atoms with Crippen LogP contribution in [0.25, 0.3) is 11.4 Å². The molecule has 1 aliphatic rings. The number of carbonyl (C=O) groups excluding carboxylic acids is 2. The molecule has 1 aromatic carbocycles. The number of aromatic nitrogens is 3. The maximum Gasteiger partial charge on any atom is 0.232 e. The monoisotopic (exact) mass is 423 g/mol. The van der Waals surface area contributed by atoms with Crippen molar-refractivity contribution < 1.29 is 18.6 Å². The number of nitrogens with zero attached hydrogens (tertiary/aromatic N) is 3. The van der Waals surface area contributed by atoms with Crippen LogP contribution in [0.15, 0.2) is 39.4 Å². The molecule has 2 N–H and O–H groups in total. The third-order valence-electron chi connectivity index (χ3n) is 5.84. The largest absolute Gasteiger partial charge is 0.361 e. The van der Waals surface area contributed by atoms with Gasteiger partial charge in [0.25, 0.3) is 0 Å². The molecule has 2 heterocycles. The molecule has 2 amide bonds. The average Bonchev–Trinajstić information content (AvgIpc) is 3.49. The van der Waals surface area contributed by atoms with Crippen molar-refractivity contribution in [3.05, 3.63) is 53.2 Å². The van der Waals surface area contributed by atoms with Gasteiger partial charge >= 0.3 is 0 Å². The lowest BCUT2D eigenvalue weighted by molar-refractivity contribution is -0.125. The van der Waals surface area contributed by atoms with E-state index in [0.717, 1.165) is 11.1 Å². The molecule has 1 saturated carbocycles. The summed E-state index contributed by atoms with van der Waals surface area (Å²) in [6.45, 7) is 3.59. The Labute approximate surface area is 179 Å². The van der Waals surface area contributed by atoms with Crippen molar-refractivity contribution >= 4 is 11.8 Å². The van der Waals surface area contributed by atoms with Crippen molar-refractivity contribution in [3.63, 3.8) is 0 Å². The predicted molar refractivity (Wildman–Crippen MR) is 111 cm³/mol. The van der Waals surface area contributed by atoms with E-state index >= 15 is 0 Å². The summed E-state index contributed by atoms with van der Waals surface area (Å²) >= 11 is 0. The molecule has 9 nitrogen and oxygen atoms in total. The molecule has 3 atom stereocenters. The number of hydrogen-bond acceptors (Lipinski definition) is 7. The smallest absolute Gasteiger partial charge is 0.232 e. The maximum absolute atomic E-state index is 12.8. The van der Waals surface area contributed by atoms with Crippen LogP contribution in [0.3, 0.4) is 0 Å². The molecular weight excluding hydrogens is 398 g/mol. The number of nitrogens with one attached hydrogen (secondary N) is 2. The Kier molecular flexibility index (Phi) is 5.83. The van der Waals surface area contributed by atoms with E-state index < -0.39 is 0 Å². The maximum atomic E-state index is 12.8. The number of benzene rings is 1. The van der Waals surface area contributed by atoms with E-state index in [1.165, 1.54) is 0 Å². The third-order valence-corrected chi connectivity index (χ3v) is 5.84. The highest BCUT2D eigenvalue weighted by atomic mass is 16.5. The average molecular weight is 423 g/mol. The van der Waals surface area contributed by atoms with Gasteiger partial charge in [0.05, 0.1) is 18.0 Å². The normalized spacial score (nSPS) is 20.5. The second kappa shape index (κ2) is 8.71. The van der Waals surface area contributed by atoms with Crippen LogP contribution in [0.4, 0.5) is 0 Å². The number of aryl methyl sites for hydroxylation is 2. The van der Waals surface area contributed by atoms with E-state index in [4.69, 9.17) is 9.05 Å². The molecule has 1 fully saturated rings. The number of carbonyl (C=O) groups is 2. The number of amides is 2. The summed E-state index contributed by atoms with van der Waals surface area (Å²) in [4.78, 5) is 29.6. The van der Waals surface area contributed by atoms with E-state index in [2.05, 4.69) is 25.9 Å². The predicted octanol–water partition coefficient (Wildman–Crippen LogP) is 2.31. The first-order chi connectivity index (χ1) is 15.0. The molecule has 3 aromatic rings. The Morgan fingerprint density at radius 1 is 1.10 bits per heavy atom. The van der Waals surface area contributed by atoms with Gasteiger partial charge in [0.1, 0.15) is 5.76 Å². The van der Waals surface area contributed by atoms with Crippen LogP contribution >= 0.6 is 0 Å². The van der Waals surface area contributed by atoms with Gasteiger partial charge in [-0.25, -0.2) is 0 Å². The van der Waals surface area contributed by atoms with Crippen LogP contribution in [0, 0.1) is 19.8 Å². The molecule has 4 rings (SSSR count). The van der Waals surface area contributed by atoms with Crippen molar-refractivity contribution in [2.24, 2.45) is 5.92 Å². The highest BCUT2D eigenvalue weighted by molar-refractivity contribution is 5.81. The first kappa shape index (κ1) is 20.8. The Balaban J connectivity index is 1.53. The minimum atomic E-state index is -0.292. The lowest BCUT2D eigenvalue weighted by atomic mass is 10.0. The van der Waals surface area contributed by atoms with Gasteiger partial charge in [-0.15, -0.1) is 0 Å². The quantitative estimate of drug-likeness (QED) is 0.623. The Morgan fingerprint density at radius 2 is 1.87 bits per heavy atom. The molecule has 0 radical (unpaired) electrons. The van der Waals surface area contributed by atoms with E-state index in [0.29, 0.717) is 36.0 Å². The van der Waals surface area contributed by atoms with Crippen LogP contribution in [0.1, 0.15) is 41.7 Å². The molecule has 0 spiro atoms. The SMILES string of the molecule is CNC(=O)C1CC(NC(=O)Cc2c(C)noc2C)C(c2nc(-c3ccccc3)no2)C1. The molecule has 31 heavy (non-hydrogen) atoms. The van der Waals surface area contributed by atoms with Crippen LogP contribution in [-0.4, -0.2) is 40.2 Å². The fraction of sp³-hybridized carbons (Fsp3) is 0.409. The van der Waals surface area contributed by atoms with Gasteiger partial charge in [-0.3, -0.25) is 9.59 Å². The zero-order chi connectivity index (χ0) is 22.0. The standard InChI is InChI=1S/C22H25N5O4/c1-12-16(13(2)30-26-12)11-19(28)24-18-10-15(21(29)23-3)9-17(18)22-25-20(27-31-22)14-7-5-4-6-8-14/h4-8,15,17-18H,9-11H2,1-3H3,(H,23,29)(H,24,28). The van der Waals surface area contributed by atoms with Crippen LogP contribution < -0.4 is 10.6 Å². The second-order valence-corrected chi connectivity index (χ2v) is 7.86. The van der Waals surface area contributed by atoms with Crippen molar-refractivity contribution in [1.82, 2.24) is 25.9 Å².